The first-order chi connectivity index (χ1) is 7.79. The molecule has 0 spiro atoms. The van der Waals surface area contributed by atoms with E-state index in [9.17, 15) is 0 Å². The summed E-state index contributed by atoms with van der Waals surface area (Å²) in [6.45, 7) is 10.5. The van der Waals surface area contributed by atoms with E-state index < -0.39 is 0 Å². The molecule has 0 unspecified atom stereocenters. The van der Waals surface area contributed by atoms with Gasteiger partial charge < -0.3 is 14.4 Å². The topological polar surface area (TPSA) is 21.7 Å². The summed E-state index contributed by atoms with van der Waals surface area (Å²) < 4.78 is 11.0. The van der Waals surface area contributed by atoms with Crippen molar-refractivity contribution in [2.45, 2.75) is 45.6 Å². The van der Waals surface area contributed by atoms with E-state index in [1.807, 2.05) is 0 Å². The van der Waals surface area contributed by atoms with Gasteiger partial charge in [-0.15, -0.1) is 0 Å². The molecule has 16 heavy (non-hydrogen) atoms. The Hall–Kier alpha value is -0.120. The van der Waals surface area contributed by atoms with E-state index >= 15 is 0 Å². The van der Waals surface area contributed by atoms with Crippen molar-refractivity contribution in [2.24, 2.45) is 0 Å². The van der Waals surface area contributed by atoms with E-state index in [4.69, 9.17) is 9.47 Å². The summed E-state index contributed by atoms with van der Waals surface area (Å²) in [5.74, 6) is 0. The highest BCUT2D eigenvalue weighted by Crippen LogP contribution is 2.07. The molecule has 0 aromatic carbocycles. The molecule has 1 aliphatic heterocycles. The molecule has 3 heteroatoms. The summed E-state index contributed by atoms with van der Waals surface area (Å²) in [7, 11) is 0. The fourth-order valence-electron chi connectivity index (χ4n) is 1.98. The molecule has 0 amide bonds. The zero-order valence-electron chi connectivity index (χ0n) is 10.9. The van der Waals surface area contributed by atoms with Crippen molar-refractivity contribution in [2.75, 3.05) is 39.5 Å². The maximum atomic E-state index is 5.57. The second-order valence-corrected chi connectivity index (χ2v) is 4.79. The molecular weight excluding hydrogens is 202 g/mol. The molecular formula is C13H27NO2. The summed E-state index contributed by atoms with van der Waals surface area (Å²) in [6.07, 6.45) is 5.29. The predicted octanol–water partition coefficient (Wildman–Crippen LogP) is 2.30. The van der Waals surface area contributed by atoms with Crippen molar-refractivity contribution in [3.8, 4) is 0 Å². The largest absolute Gasteiger partial charge is 0.381 e. The molecule has 1 rings (SSSR count). The molecule has 0 aromatic rings. The lowest BCUT2D eigenvalue weighted by molar-refractivity contribution is 0.0498. The van der Waals surface area contributed by atoms with Crippen molar-refractivity contribution in [1.82, 2.24) is 4.90 Å². The van der Waals surface area contributed by atoms with Crippen LogP contribution in [-0.4, -0.2) is 50.5 Å². The minimum Gasteiger partial charge on any atom is -0.381 e. The first-order valence-electron chi connectivity index (χ1n) is 6.71. The Morgan fingerprint density at radius 2 is 1.69 bits per heavy atom. The summed E-state index contributed by atoms with van der Waals surface area (Å²) in [5.41, 5.74) is 0. The maximum absolute atomic E-state index is 5.57. The fourth-order valence-corrected chi connectivity index (χ4v) is 1.98. The van der Waals surface area contributed by atoms with Gasteiger partial charge in [0.1, 0.15) is 0 Å². The first kappa shape index (κ1) is 13.9. The minimum absolute atomic E-state index is 0.343. The third kappa shape index (κ3) is 7.20. The van der Waals surface area contributed by atoms with Gasteiger partial charge in [-0.2, -0.15) is 0 Å². The second kappa shape index (κ2) is 8.97. The number of ether oxygens (including phenoxy) is 2. The molecule has 0 atom stereocenters. The van der Waals surface area contributed by atoms with Crippen LogP contribution in [0.2, 0.25) is 0 Å². The third-order valence-corrected chi connectivity index (χ3v) is 2.85. The van der Waals surface area contributed by atoms with E-state index in [1.54, 1.807) is 0 Å². The van der Waals surface area contributed by atoms with Crippen molar-refractivity contribution in [3.63, 3.8) is 0 Å². The van der Waals surface area contributed by atoms with Gasteiger partial charge in [0.25, 0.3) is 0 Å². The Morgan fingerprint density at radius 1 is 1.00 bits per heavy atom. The smallest absolute Gasteiger partial charge is 0.0518 e. The highest BCUT2D eigenvalue weighted by Gasteiger charge is 2.09. The molecule has 1 heterocycles. The number of rotatable bonds is 9. The van der Waals surface area contributed by atoms with Gasteiger partial charge in [-0.1, -0.05) is 0 Å². The quantitative estimate of drug-likeness (QED) is 0.566. The molecule has 1 saturated heterocycles. The van der Waals surface area contributed by atoms with E-state index in [1.165, 1.54) is 38.9 Å². The van der Waals surface area contributed by atoms with Gasteiger partial charge in [-0.3, -0.25) is 0 Å². The standard InChI is InChI=1S/C13H27NO2/c1-13(2)16-12-6-11-15-10-5-9-14-7-3-4-8-14/h13H,3-12H2,1-2H3. The summed E-state index contributed by atoms with van der Waals surface area (Å²) in [5, 5.41) is 0. The molecule has 1 aliphatic rings. The van der Waals surface area contributed by atoms with Crippen molar-refractivity contribution in [3.05, 3.63) is 0 Å². The molecule has 0 aliphatic carbocycles. The number of nitrogens with zero attached hydrogens (tertiary/aromatic N) is 1. The Bertz CT molecular complexity index is 156. The van der Waals surface area contributed by atoms with Crippen LogP contribution in [0.3, 0.4) is 0 Å². The van der Waals surface area contributed by atoms with Crippen LogP contribution >= 0.6 is 0 Å². The average molecular weight is 229 g/mol. The number of likely N-dealkylation sites (tertiary alicyclic amines) is 1. The van der Waals surface area contributed by atoms with Crippen LogP contribution in [0.15, 0.2) is 0 Å². The molecule has 0 radical (unpaired) electrons. The minimum atomic E-state index is 0.343. The zero-order chi connectivity index (χ0) is 11.6. The highest BCUT2D eigenvalue weighted by molar-refractivity contribution is 4.65. The fraction of sp³-hybridized carbons (Fsp3) is 1.00. The van der Waals surface area contributed by atoms with Gasteiger partial charge in [0.2, 0.25) is 0 Å². The Balaban J connectivity index is 1.74. The van der Waals surface area contributed by atoms with Crippen molar-refractivity contribution in [1.29, 1.82) is 0 Å². The lowest BCUT2D eigenvalue weighted by Crippen LogP contribution is -2.21. The normalized spacial score (nSPS) is 17.4. The molecule has 96 valence electrons. The SMILES string of the molecule is CC(C)OCCCOCCCN1CCCC1. The van der Waals surface area contributed by atoms with Gasteiger partial charge in [0.15, 0.2) is 0 Å². The van der Waals surface area contributed by atoms with Crippen LogP contribution in [0.1, 0.15) is 39.5 Å². The first-order valence-corrected chi connectivity index (χ1v) is 6.71. The van der Waals surface area contributed by atoms with Gasteiger partial charge in [0.05, 0.1) is 6.10 Å². The van der Waals surface area contributed by atoms with Crippen LogP contribution in [0.4, 0.5) is 0 Å². The third-order valence-electron chi connectivity index (χ3n) is 2.85. The molecule has 0 saturated carbocycles. The van der Waals surface area contributed by atoms with Crippen LogP contribution in [0.5, 0.6) is 0 Å². The summed E-state index contributed by atoms with van der Waals surface area (Å²) >= 11 is 0. The number of hydrogen-bond donors (Lipinski definition) is 0. The van der Waals surface area contributed by atoms with Gasteiger partial charge in [-0.25, -0.2) is 0 Å². The number of hydrogen-bond acceptors (Lipinski definition) is 3. The molecule has 3 nitrogen and oxygen atoms in total. The highest BCUT2D eigenvalue weighted by atomic mass is 16.5. The second-order valence-electron chi connectivity index (χ2n) is 4.79. The Kier molecular flexibility index (Phi) is 7.81. The maximum Gasteiger partial charge on any atom is 0.0518 e. The average Bonchev–Trinajstić information content (AvgIpc) is 2.74. The van der Waals surface area contributed by atoms with E-state index in [0.717, 1.165) is 26.2 Å². The molecule has 0 aromatic heterocycles. The van der Waals surface area contributed by atoms with Crippen molar-refractivity contribution < 1.29 is 9.47 Å². The van der Waals surface area contributed by atoms with Gasteiger partial charge in [-0.05, 0) is 52.6 Å². The molecule has 0 bridgehead atoms. The van der Waals surface area contributed by atoms with Crippen LogP contribution in [0.25, 0.3) is 0 Å². The van der Waals surface area contributed by atoms with Crippen molar-refractivity contribution >= 4 is 0 Å². The Morgan fingerprint density at radius 3 is 2.38 bits per heavy atom. The lowest BCUT2D eigenvalue weighted by Gasteiger charge is -2.14. The van der Waals surface area contributed by atoms with Crippen LogP contribution in [0, 0.1) is 0 Å². The van der Waals surface area contributed by atoms with Crippen LogP contribution < -0.4 is 0 Å². The van der Waals surface area contributed by atoms with Gasteiger partial charge in [0, 0.05) is 26.4 Å². The zero-order valence-corrected chi connectivity index (χ0v) is 10.9. The lowest BCUT2D eigenvalue weighted by atomic mass is 10.4. The summed E-state index contributed by atoms with van der Waals surface area (Å²) in [4.78, 5) is 2.53. The predicted molar refractivity (Wildman–Crippen MR) is 66.8 cm³/mol. The molecule has 1 fully saturated rings. The Labute approximate surface area is 100 Å². The monoisotopic (exact) mass is 229 g/mol. The van der Waals surface area contributed by atoms with Gasteiger partial charge >= 0.3 is 0 Å². The van der Waals surface area contributed by atoms with Crippen LogP contribution in [-0.2, 0) is 9.47 Å². The molecule has 0 N–H and O–H groups in total. The van der Waals surface area contributed by atoms with E-state index in [0.29, 0.717) is 6.10 Å². The van der Waals surface area contributed by atoms with E-state index in [-0.39, 0.29) is 0 Å². The summed E-state index contributed by atoms with van der Waals surface area (Å²) in [6, 6.07) is 0. The van der Waals surface area contributed by atoms with E-state index in [2.05, 4.69) is 18.7 Å².